The summed E-state index contributed by atoms with van der Waals surface area (Å²) in [6.07, 6.45) is 0. The number of anilines is 1. The summed E-state index contributed by atoms with van der Waals surface area (Å²) in [4.78, 5) is 15.3. The van der Waals surface area contributed by atoms with Crippen LogP contribution in [0.2, 0.25) is 0 Å². The van der Waals surface area contributed by atoms with Crippen molar-refractivity contribution in [2.24, 2.45) is 0 Å². The highest BCUT2D eigenvalue weighted by atomic mass is 16.7. The number of hydrogen-bond donors (Lipinski definition) is 3. The molecule has 0 saturated carbocycles. The van der Waals surface area contributed by atoms with Crippen molar-refractivity contribution in [1.82, 2.24) is 0 Å². The highest BCUT2D eigenvalue weighted by Gasteiger charge is 2.25. The smallest absolute Gasteiger partial charge is 0.279 e. The van der Waals surface area contributed by atoms with Crippen molar-refractivity contribution in [1.29, 1.82) is 0 Å². The molecule has 2 heterocycles. The van der Waals surface area contributed by atoms with Gasteiger partial charge >= 0.3 is 0 Å². The van der Waals surface area contributed by atoms with Gasteiger partial charge in [-0.25, -0.2) is 0 Å². The third-order valence-corrected chi connectivity index (χ3v) is 5.39. The maximum Gasteiger partial charge on any atom is 0.279 e. The van der Waals surface area contributed by atoms with E-state index in [0.29, 0.717) is 13.3 Å². The molecule has 27 heavy (non-hydrogen) atoms. The van der Waals surface area contributed by atoms with Crippen molar-refractivity contribution in [3.8, 4) is 11.5 Å². The van der Waals surface area contributed by atoms with Crippen LogP contribution < -0.4 is 24.6 Å². The van der Waals surface area contributed by atoms with E-state index in [9.17, 15) is 4.79 Å². The monoisotopic (exact) mass is 369 g/mol. The molecule has 2 aliphatic rings. The molecule has 0 atom stereocenters. The number of aryl methyl sites for hydroxylation is 1. The maximum absolute atomic E-state index is 12.3. The number of rotatable bonds is 5. The van der Waals surface area contributed by atoms with Gasteiger partial charge in [-0.15, -0.1) is 0 Å². The van der Waals surface area contributed by atoms with E-state index in [1.54, 1.807) is 4.90 Å². The van der Waals surface area contributed by atoms with Gasteiger partial charge in [0.15, 0.2) is 18.0 Å². The number of fused-ring (bicyclic) bond motifs is 1. The quantitative estimate of drug-likeness (QED) is 0.675. The molecule has 2 aromatic rings. The molecule has 0 unspecified atom stereocenters. The Morgan fingerprint density at radius 3 is 2.56 bits per heavy atom. The summed E-state index contributed by atoms with van der Waals surface area (Å²) in [7, 11) is 0. The summed E-state index contributed by atoms with van der Waals surface area (Å²) in [5.74, 6) is 1.78. The minimum Gasteiger partial charge on any atom is -0.454 e. The van der Waals surface area contributed by atoms with Crippen LogP contribution in [0, 0.1) is 6.92 Å². The Kier molecular flexibility index (Phi) is 5.27. The zero-order valence-corrected chi connectivity index (χ0v) is 15.7. The predicted octanol–water partition coefficient (Wildman–Crippen LogP) is -0.354. The Morgan fingerprint density at radius 1 is 1.00 bits per heavy atom. The SMILES string of the molecule is Cc1ccccc1NC(=O)C[NH+]1CC[NH+](Cc2ccc3c(c2)OCO3)CC1. The van der Waals surface area contributed by atoms with Crippen LogP contribution in [0.5, 0.6) is 11.5 Å². The zero-order chi connectivity index (χ0) is 18.6. The van der Waals surface area contributed by atoms with E-state index in [0.717, 1.165) is 55.5 Å². The molecular weight excluding hydrogens is 342 g/mol. The van der Waals surface area contributed by atoms with Crippen molar-refractivity contribution in [3.05, 3.63) is 53.6 Å². The summed E-state index contributed by atoms with van der Waals surface area (Å²) >= 11 is 0. The van der Waals surface area contributed by atoms with Gasteiger partial charge in [-0.3, -0.25) is 4.79 Å². The number of ether oxygens (including phenoxy) is 2. The molecule has 142 valence electrons. The van der Waals surface area contributed by atoms with Crippen molar-refractivity contribution >= 4 is 11.6 Å². The highest BCUT2D eigenvalue weighted by Crippen LogP contribution is 2.32. The Morgan fingerprint density at radius 2 is 1.74 bits per heavy atom. The first-order valence-corrected chi connectivity index (χ1v) is 9.58. The lowest BCUT2D eigenvalue weighted by atomic mass is 10.1. The van der Waals surface area contributed by atoms with Gasteiger partial charge in [0.1, 0.15) is 32.7 Å². The Hall–Kier alpha value is -2.57. The minimum absolute atomic E-state index is 0.0959. The fourth-order valence-corrected chi connectivity index (χ4v) is 3.78. The minimum atomic E-state index is 0.0959. The molecular formula is C21H27N3O3+2. The van der Waals surface area contributed by atoms with E-state index in [1.807, 2.05) is 37.3 Å². The second-order valence-electron chi connectivity index (χ2n) is 7.40. The molecule has 0 radical (unpaired) electrons. The fourth-order valence-electron chi connectivity index (χ4n) is 3.78. The molecule has 2 aliphatic heterocycles. The maximum atomic E-state index is 12.3. The van der Waals surface area contributed by atoms with Crippen LogP contribution in [0.15, 0.2) is 42.5 Å². The lowest BCUT2D eigenvalue weighted by molar-refractivity contribution is -1.02. The van der Waals surface area contributed by atoms with Crippen molar-refractivity contribution < 1.29 is 24.1 Å². The Balaban J connectivity index is 1.24. The van der Waals surface area contributed by atoms with Crippen LogP contribution in [0.1, 0.15) is 11.1 Å². The molecule has 0 aliphatic carbocycles. The number of benzene rings is 2. The van der Waals surface area contributed by atoms with Gasteiger partial charge in [0, 0.05) is 11.3 Å². The van der Waals surface area contributed by atoms with Gasteiger partial charge in [-0.1, -0.05) is 18.2 Å². The molecule has 0 spiro atoms. The number of nitrogens with one attached hydrogen (secondary N) is 3. The molecule has 6 nitrogen and oxygen atoms in total. The number of carbonyl (C=O) groups excluding carboxylic acids is 1. The van der Waals surface area contributed by atoms with E-state index in [-0.39, 0.29) is 5.91 Å². The fraction of sp³-hybridized carbons (Fsp3) is 0.381. The number of carbonyl (C=O) groups is 1. The third-order valence-electron chi connectivity index (χ3n) is 5.39. The highest BCUT2D eigenvalue weighted by molar-refractivity contribution is 5.92. The average molecular weight is 369 g/mol. The second-order valence-corrected chi connectivity index (χ2v) is 7.40. The third kappa shape index (κ3) is 4.40. The van der Waals surface area contributed by atoms with E-state index >= 15 is 0 Å². The number of amides is 1. The first-order valence-electron chi connectivity index (χ1n) is 9.58. The summed E-state index contributed by atoms with van der Waals surface area (Å²) < 4.78 is 10.8. The molecule has 0 bridgehead atoms. The average Bonchev–Trinajstić information content (AvgIpc) is 3.13. The number of hydrogen-bond acceptors (Lipinski definition) is 3. The molecule has 4 rings (SSSR count). The summed E-state index contributed by atoms with van der Waals surface area (Å²) in [6.45, 7) is 8.02. The van der Waals surface area contributed by atoms with Gasteiger partial charge in [0.2, 0.25) is 6.79 Å². The van der Waals surface area contributed by atoms with Gasteiger partial charge in [0.25, 0.3) is 5.91 Å². The van der Waals surface area contributed by atoms with Gasteiger partial charge in [0.05, 0.1) is 0 Å². The molecule has 1 fully saturated rings. The van der Waals surface area contributed by atoms with Crippen molar-refractivity contribution in [2.75, 3.05) is 44.8 Å². The number of para-hydroxylation sites is 1. The van der Waals surface area contributed by atoms with Crippen LogP contribution >= 0.6 is 0 Å². The van der Waals surface area contributed by atoms with Crippen LogP contribution in [0.4, 0.5) is 5.69 Å². The van der Waals surface area contributed by atoms with Crippen LogP contribution in [-0.4, -0.2) is 45.4 Å². The van der Waals surface area contributed by atoms with E-state index in [1.165, 1.54) is 10.5 Å². The molecule has 1 amide bonds. The second kappa shape index (κ2) is 7.98. The summed E-state index contributed by atoms with van der Waals surface area (Å²) in [6, 6.07) is 14.1. The molecule has 2 aromatic carbocycles. The first-order chi connectivity index (χ1) is 13.2. The Labute approximate surface area is 159 Å². The topological polar surface area (TPSA) is 56.4 Å². The molecule has 3 N–H and O–H groups in total. The first kappa shape index (κ1) is 17.8. The number of piperazine rings is 1. The lowest BCUT2D eigenvalue weighted by Crippen LogP contribution is -3.28. The van der Waals surface area contributed by atoms with Crippen LogP contribution in [-0.2, 0) is 11.3 Å². The van der Waals surface area contributed by atoms with Crippen molar-refractivity contribution in [2.45, 2.75) is 13.5 Å². The van der Waals surface area contributed by atoms with E-state index in [4.69, 9.17) is 9.47 Å². The Bertz CT molecular complexity index is 816. The van der Waals surface area contributed by atoms with Crippen LogP contribution in [0.25, 0.3) is 0 Å². The predicted molar refractivity (Wildman–Crippen MR) is 102 cm³/mol. The summed E-state index contributed by atoms with van der Waals surface area (Å²) in [5.41, 5.74) is 3.28. The standard InChI is InChI=1S/C21H25N3O3/c1-16-4-2-3-5-18(16)22-21(25)14-24-10-8-23(9-11-24)13-17-6-7-19-20(12-17)27-15-26-19/h2-7,12H,8-11,13-15H2,1H3,(H,22,25)/p+2. The van der Waals surface area contributed by atoms with Crippen LogP contribution in [0.3, 0.4) is 0 Å². The van der Waals surface area contributed by atoms with Gasteiger partial charge in [-0.2, -0.15) is 0 Å². The molecule has 0 aromatic heterocycles. The summed E-state index contributed by atoms with van der Waals surface area (Å²) in [5, 5.41) is 3.04. The van der Waals surface area contributed by atoms with E-state index in [2.05, 4.69) is 17.4 Å². The number of quaternary nitrogens is 2. The normalized spacial score (nSPS) is 21.1. The lowest BCUT2D eigenvalue weighted by Gasteiger charge is -2.29. The molecule has 6 heteroatoms. The zero-order valence-electron chi connectivity index (χ0n) is 15.7. The van der Waals surface area contributed by atoms with Gasteiger partial charge in [-0.05, 0) is 36.8 Å². The van der Waals surface area contributed by atoms with E-state index < -0.39 is 0 Å². The van der Waals surface area contributed by atoms with Gasteiger partial charge < -0.3 is 24.6 Å². The van der Waals surface area contributed by atoms with Crippen molar-refractivity contribution in [3.63, 3.8) is 0 Å². The molecule has 1 saturated heterocycles. The largest absolute Gasteiger partial charge is 0.454 e.